The van der Waals surface area contributed by atoms with E-state index in [1.165, 1.54) is 4.88 Å². The van der Waals surface area contributed by atoms with Crippen molar-refractivity contribution < 1.29 is 18.0 Å². The van der Waals surface area contributed by atoms with Gasteiger partial charge in [-0.1, -0.05) is 6.07 Å². The highest BCUT2D eigenvalue weighted by Crippen LogP contribution is 2.15. The van der Waals surface area contributed by atoms with Gasteiger partial charge < -0.3 is 15.1 Å². The lowest BCUT2D eigenvalue weighted by Gasteiger charge is -2.22. The lowest BCUT2D eigenvalue weighted by atomic mass is 10.3. The number of nitrogens with zero attached hydrogens (tertiary/aromatic N) is 3. The molecular weight excluding hydrogens is 468 g/mol. The van der Waals surface area contributed by atoms with Crippen molar-refractivity contribution in [2.45, 2.75) is 19.5 Å². The van der Waals surface area contributed by atoms with E-state index in [2.05, 4.69) is 10.3 Å². The number of hydrogen-bond acceptors (Lipinski definition) is 3. The van der Waals surface area contributed by atoms with Crippen LogP contribution in [0.2, 0.25) is 0 Å². The number of amides is 1. The zero-order chi connectivity index (χ0) is 18.2. The number of thiophene rings is 1. The van der Waals surface area contributed by atoms with E-state index in [-0.39, 0.29) is 30.5 Å². The Morgan fingerprint density at radius 2 is 2.00 bits per heavy atom. The van der Waals surface area contributed by atoms with Crippen LogP contribution in [0.15, 0.2) is 22.5 Å². The Hall–Kier alpha value is -1.04. The number of carbonyl (C=O) groups excluding carboxylic acids is 1. The number of carbonyl (C=O) groups is 1. The van der Waals surface area contributed by atoms with E-state index in [4.69, 9.17) is 0 Å². The van der Waals surface area contributed by atoms with Crippen LogP contribution in [-0.4, -0.2) is 68.1 Å². The predicted molar refractivity (Wildman–Crippen MR) is 106 cm³/mol. The van der Waals surface area contributed by atoms with Crippen LogP contribution in [0.5, 0.6) is 0 Å². The summed E-state index contributed by atoms with van der Waals surface area (Å²) in [5.74, 6) is -0.169. The summed E-state index contributed by atoms with van der Waals surface area (Å²) in [5.41, 5.74) is 0. The van der Waals surface area contributed by atoms with Crippen molar-refractivity contribution in [3.63, 3.8) is 0 Å². The maximum atomic E-state index is 12.3. The summed E-state index contributed by atoms with van der Waals surface area (Å²) < 4.78 is 36.9. The van der Waals surface area contributed by atoms with Crippen molar-refractivity contribution >= 4 is 47.2 Å². The first kappa shape index (κ1) is 24.0. The first-order chi connectivity index (χ1) is 11.2. The molecule has 144 valence electrons. The Kier molecular flexibility index (Phi) is 11.1. The smallest absolute Gasteiger partial charge is 0.357 e. The molecule has 1 aromatic heterocycles. The molecule has 1 N–H and O–H groups in total. The van der Waals surface area contributed by atoms with Crippen LogP contribution in [-0.2, 0) is 11.2 Å². The second-order valence-corrected chi connectivity index (χ2v) is 6.32. The van der Waals surface area contributed by atoms with Gasteiger partial charge in [0.1, 0.15) is 13.1 Å². The quantitative estimate of drug-likeness (QED) is 0.362. The predicted octanol–water partition coefficient (Wildman–Crippen LogP) is 2.83. The number of guanidine groups is 1. The van der Waals surface area contributed by atoms with Gasteiger partial charge in [0.2, 0.25) is 5.91 Å². The highest BCUT2D eigenvalue weighted by molar-refractivity contribution is 14.0. The summed E-state index contributed by atoms with van der Waals surface area (Å²) in [7, 11) is 2.96. The molecule has 1 rings (SSSR count). The lowest BCUT2D eigenvalue weighted by Crippen LogP contribution is -2.41. The molecule has 0 spiro atoms. The minimum Gasteiger partial charge on any atom is -0.357 e. The summed E-state index contributed by atoms with van der Waals surface area (Å²) in [6.45, 7) is 1.60. The molecule has 0 saturated heterocycles. The maximum Gasteiger partial charge on any atom is 0.406 e. The van der Waals surface area contributed by atoms with E-state index in [0.717, 1.165) is 13.5 Å². The molecule has 0 aliphatic heterocycles. The van der Waals surface area contributed by atoms with Gasteiger partial charge in [-0.15, -0.1) is 35.3 Å². The fourth-order valence-electron chi connectivity index (χ4n) is 1.93. The summed E-state index contributed by atoms with van der Waals surface area (Å²) in [4.78, 5) is 19.6. The van der Waals surface area contributed by atoms with Crippen molar-refractivity contribution in [1.29, 1.82) is 0 Å². The number of nitrogens with one attached hydrogen (secondary N) is 1. The van der Waals surface area contributed by atoms with E-state index in [1.54, 1.807) is 11.3 Å². The molecule has 0 aromatic carbocycles. The van der Waals surface area contributed by atoms with Gasteiger partial charge in [-0.3, -0.25) is 4.79 Å². The number of aliphatic imine (C=N–C) groups is 1. The highest BCUT2D eigenvalue weighted by Gasteiger charge is 2.31. The van der Waals surface area contributed by atoms with Gasteiger partial charge in [0.05, 0.1) is 0 Å². The molecule has 25 heavy (non-hydrogen) atoms. The van der Waals surface area contributed by atoms with E-state index >= 15 is 0 Å². The largest absolute Gasteiger partial charge is 0.406 e. The average molecular weight is 492 g/mol. The van der Waals surface area contributed by atoms with Gasteiger partial charge in [0.15, 0.2) is 5.96 Å². The second-order valence-electron chi connectivity index (χ2n) is 5.29. The van der Waals surface area contributed by atoms with E-state index in [0.29, 0.717) is 23.9 Å². The Bertz CT molecular complexity index is 537. The molecule has 5 nitrogen and oxygen atoms in total. The number of likely N-dealkylation sites (N-methyl/N-ethyl adjacent to an activating group) is 2. The van der Waals surface area contributed by atoms with Crippen LogP contribution in [0.3, 0.4) is 0 Å². The normalized spacial score (nSPS) is 11.7. The monoisotopic (exact) mass is 492 g/mol. The van der Waals surface area contributed by atoms with Crippen LogP contribution in [0.4, 0.5) is 13.2 Å². The van der Waals surface area contributed by atoms with Crippen LogP contribution in [0.1, 0.15) is 11.8 Å². The minimum atomic E-state index is -4.41. The van der Waals surface area contributed by atoms with E-state index in [1.807, 2.05) is 36.4 Å². The van der Waals surface area contributed by atoms with Crippen LogP contribution in [0, 0.1) is 0 Å². The number of halogens is 4. The Morgan fingerprint density at radius 3 is 2.52 bits per heavy atom. The second kappa shape index (κ2) is 11.6. The Labute approximate surface area is 167 Å². The van der Waals surface area contributed by atoms with Crippen molar-refractivity contribution in [3.05, 3.63) is 22.4 Å². The van der Waals surface area contributed by atoms with Crippen molar-refractivity contribution in [1.82, 2.24) is 15.1 Å². The van der Waals surface area contributed by atoms with Crippen LogP contribution >= 0.6 is 35.3 Å². The van der Waals surface area contributed by atoms with Crippen LogP contribution < -0.4 is 5.32 Å². The topological polar surface area (TPSA) is 47.9 Å². The Balaban J connectivity index is 0.00000576. The summed E-state index contributed by atoms with van der Waals surface area (Å²) in [6.07, 6.45) is -3.57. The number of rotatable bonds is 7. The molecule has 0 radical (unpaired) electrons. The number of hydrogen-bond donors (Lipinski definition) is 1. The molecule has 0 aliphatic rings. The fraction of sp³-hybridized carbons (Fsp3) is 0.600. The highest BCUT2D eigenvalue weighted by atomic mass is 127. The first-order valence-electron chi connectivity index (χ1n) is 7.55. The Morgan fingerprint density at radius 1 is 1.32 bits per heavy atom. The average Bonchev–Trinajstić information content (AvgIpc) is 3.00. The van der Waals surface area contributed by atoms with Gasteiger partial charge in [0, 0.05) is 32.1 Å². The summed E-state index contributed by atoms with van der Waals surface area (Å²) >= 11 is 1.66. The molecule has 0 atom stereocenters. The molecule has 0 bridgehead atoms. The third-order valence-electron chi connectivity index (χ3n) is 3.18. The van der Waals surface area contributed by atoms with Crippen molar-refractivity contribution in [2.75, 3.05) is 40.3 Å². The SMILES string of the molecule is CCNC(=NCC(=O)N(C)CC(F)(F)F)N(C)CCc1cccs1.I. The molecule has 0 saturated carbocycles. The lowest BCUT2D eigenvalue weighted by molar-refractivity contribution is -0.157. The van der Waals surface area contributed by atoms with Gasteiger partial charge >= 0.3 is 6.18 Å². The standard InChI is InChI=1S/C15H23F3N4OS.HI/c1-4-19-14(21(2)8-7-12-6-5-9-24-12)20-10-13(23)22(3)11-15(16,17)18;/h5-6,9H,4,7-8,10-11H2,1-3H3,(H,19,20);1H. The third-order valence-corrected chi connectivity index (χ3v) is 4.11. The number of alkyl halides is 3. The summed E-state index contributed by atoms with van der Waals surface area (Å²) in [5, 5.41) is 5.05. The van der Waals surface area contributed by atoms with Crippen molar-refractivity contribution in [2.24, 2.45) is 4.99 Å². The molecule has 1 aromatic rings. The zero-order valence-corrected chi connectivity index (χ0v) is 17.6. The van der Waals surface area contributed by atoms with Gasteiger partial charge in [-0.25, -0.2) is 4.99 Å². The molecule has 0 unspecified atom stereocenters. The fourth-order valence-corrected chi connectivity index (χ4v) is 2.63. The van der Waals surface area contributed by atoms with Crippen molar-refractivity contribution in [3.8, 4) is 0 Å². The first-order valence-corrected chi connectivity index (χ1v) is 8.43. The molecule has 0 fully saturated rings. The van der Waals surface area contributed by atoms with E-state index in [9.17, 15) is 18.0 Å². The molecule has 0 aliphatic carbocycles. The van der Waals surface area contributed by atoms with Gasteiger partial charge in [-0.2, -0.15) is 13.2 Å². The maximum absolute atomic E-state index is 12.3. The zero-order valence-electron chi connectivity index (χ0n) is 14.5. The van der Waals surface area contributed by atoms with E-state index < -0.39 is 18.6 Å². The van der Waals surface area contributed by atoms with Crippen LogP contribution in [0.25, 0.3) is 0 Å². The third kappa shape index (κ3) is 9.88. The van der Waals surface area contributed by atoms with Gasteiger partial charge in [-0.05, 0) is 24.8 Å². The van der Waals surface area contributed by atoms with Gasteiger partial charge in [0.25, 0.3) is 0 Å². The molecule has 10 heteroatoms. The minimum absolute atomic E-state index is 0. The molecular formula is C15H24F3IN4OS. The summed E-state index contributed by atoms with van der Waals surface area (Å²) in [6, 6.07) is 4.02. The molecule has 1 heterocycles. The molecule has 1 amide bonds.